The Morgan fingerprint density at radius 2 is 1.79 bits per heavy atom. The lowest BCUT2D eigenvalue weighted by Crippen LogP contribution is -2.23. The van der Waals surface area contributed by atoms with Gasteiger partial charge >= 0.3 is 0 Å². The largest absolute Gasteiger partial charge is 0.352 e. The minimum absolute atomic E-state index is 0.0489. The van der Waals surface area contributed by atoms with E-state index < -0.39 is 0 Å². The van der Waals surface area contributed by atoms with E-state index in [1.54, 1.807) is 0 Å². The Labute approximate surface area is 164 Å². The van der Waals surface area contributed by atoms with Crippen molar-refractivity contribution < 1.29 is 4.79 Å². The van der Waals surface area contributed by atoms with Gasteiger partial charge in [0.2, 0.25) is 5.91 Å². The van der Waals surface area contributed by atoms with Crippen molar-refractivity contribution in [1.82, 2.24) is 19.9 Å². The maximum Gasteiger partial charge on any atom is 0.220 e. The number of nitrogens with zero attached hydrogens (tertiary/aromatic N) is 3. The predicted molar refractivity (Wildman–Crippen MR) is 111 cm³/mol. The van der Waals surface area contributed by atoms with Crippen molar-refractivity contribution in [2.75, 3.05) is 0 Å². The quantitative estimate of drug-likeness (QED) is 0.575. The van der Waals surface area contributed by atoms with Gasteiger partial charge in [0.15, 0.2) is 5.65 Å². The zero-order chi connectivity index (χ0) is 19.7. The molecule has 0 aliphatic heterocycles. The molecule has 28 heavy (non-hydrogen) atoms. The molecular weight excluding hydrogens is 348 g/mol. The second kappa shape index (κ2) is 7.43. The SMILES string of the molecule is Cc1ccccc1CNC(=O)CCc1c(C)nc2c3ccccc3nn2c1C. The van der Waals surface area contributed by atoms with Gasteiger partial charge in [-0.1, -0.05) is 36.4 Å². The lowest BCUT2D eigenvalue weighted by molar-refractivity contribution is -0.121. The van der Waals surface area contributed by atoms with Crippen LogP contribution in [0.25, 0.3) is 16.6 Å². The number of carbonyl (C=O) groups is 1. The van der Waals surface area contributed by atoms with Gasteiger partial charge in [0.1, 0.15) is 0 Å². The first kappa shape index (κ1) is 18.2. The highest BCUT2D eigenvalue weighted by atomic mass is 16.1. The summed E-state index contributed by atoms with van der Waals surface area (Å²) in [5.74, 6) is 0.0489. The molecule has 2 aromatic heterocycles. The molecule has 0 radical (unpaired) electrons. The van der Waals surface area contributed by atoms with Crippen LogP contribution in [0.1, 0.15) is 34.5 Å². The van der Waals surface area contributed by atoms with Crippen LogP contribution < -0.4 is 5.32 Å². The number of fused-ring (bicyclic) bond motifs is 3. The van der Waals surface area contributed by atoms with Crippen LogP contribution in [0.15, 0.2) is 48.5 Å². The van der Waals surface area contributed by atoms with Crippen molar-refractivity contribution in [2.45, 2.75) is 40.2 Å². The Balaban J connectivity index is 1.51. The molecule has 0 saturated heterocycles. The Bertz CT molecular complexity index is 1180. The highest BCUT2D eigenvalue weighted by Gasteiger charge is 2.15. The van der Waals surface area contributed by atoms with Crippen LogP contribution >= 0.6 is 0 Å². The van der Waals surface area contributed by atoms with Gasteiger partial charge in [-0.25, -0.2) is 9.50 Å². The third kappa shape index (κ3) is 3.36. The van der Waals surface area contributed by atoms with Crippen molar-refractivity contribution in [1.29, 1.82) is 0 Å². The number of hydrogen-bond donors (Lipinski definition) is 1. The van der Waals surface area contributed by atoms with E-state index in [4.69, 9.17) is 4.98 Å². The highest BCUT2D eigenvalue weighted by molar-refractivity contribution is 5.92. The Hall–Kier alpha value is -3.21. The smallest absolute Gasteiger partial charge is 0.220 e. The molecule has 1 amide bonds. The molecule has 0 atom stereocenters. The Morgan fingerprint density at radius 3 is 2.61 bits per heavy atom. The fourth-order valence-corrected chi connectivity index (χ4v) is 3.67. The summed E-state index contributed by atoms with van der Waals surface area (Å²) >= 11 is 0. The number of nitrogens with one attached hydrogen (secondary N) is 1. The number of amides is 1. The average molecular weight is 372 g/mol. The van der Waals surface area contributed by atoms with Gasteiger partial charge in [-0.3, -0.25) is 4.79 Å². The molecule has 1 N–H and O–H groups in total. The molecule has 0 bridgehead atoms. The maximum atomic E-state index is 12.4. The standard InChI is InChI=1S/C23H24N4O/c1-15-8-4-5-9-18(15)14-24-22(28)13-12-19-16(2)25-23-20-10-6-7-11-21(20)26-27(23)17(19)3/h4-11H,12-14H2,1-3H3,(H,24,28). The van der Waals surface area contributed by atoms with Crippen molar-refractivity contribution in [3.05, 3.63) is 76.6 Å². The molecule has 142 valence electrons. The van der Waals surface area contributed by atoms with Crippen molar-refractivity contribution >= 4 is 22.5 Å². The Morgan fingerprint density at radius 1 is 1.04 bits per heavy atom. The third-order valence-electron chi connectivity index (χ3n) is 5.36. The number of aryl methyl sites for hydroxylation is 3. The van der Waals surface area contributed by atoms with Crippen LogP contribution in [0.5, 0.6) is 0 Å². The zero-order valence-electron chi connectivity index (χ0n) is 16.5. The molecule has 0 aliphatic rings. The van der Waals surface area contributed by atoms with E-state index in [1.807, 2.05) is 60.8 Å². The summed E-state index contributed by atoms with van der Waals surface area (Å²) in [4.78, 5) is 17.2. The van der Waals surface area contributed by atoms with E-state index in [-0.39, 0.29) is 5.91 Å². The zero-order valence-corrected chi connectivity index (χ0v) is 16.5. The molecule has 0 aliphatic carbocycles. The summed E-state index contributed by atoms with van der Waals surface area (Å²) in [7, 11) is 0. The first-order chi connectivity index (χ1) is 13.5. The molecular formula is C23H24N4O. The van der Waals surface area contributed by atoms with Gasteiger partial charge in [-0.15, -0.1) is 0 Å². The molecule has 0 fully saturated rings. The van der Waals surface area contributed by atoms with Gasteiger partial charge < -0.3 is 5.32 Å². The van der Waals surface area contributed by atoms with Crippen LogP contribution in [0, 0.1) is 20.8 Å². The second-order valence-corrected chi connectivity index (χ2v) is 7.22. The van der Waals surface area contributed by atoms with E-state index in [9.17, 15) is 4.79 Å². The van der Waals surface area contributed by atoms with Gasteiger partial charge in [-0.05, 0) is 56.0 Å². The van der Waals surface area contributed by atoms with Crippen molar-refractivity contribution in [2.24, 2.45) is 0 Å². The number of rotatable bonds is 5. The first-order valence-corrected chi connectivity index (χ1v) is 9.59. The monoisotopic (exact) mass is 372 g/mol. The van der Waals surface area contributed by atoms with E-state index in [2.05, 4.69) is 23.4 Å². The van der Waals surface area contributed by atoms with E-state index in [0.717, 1.165) is 39.1 Å². The van der Waals surface area contributed by atoms with Crippen LogP contribution in [-0.4, -0.2) is 20.5 Å². The minimum Gasteiger partial charge on any atom is -0.352 e. The minimum atomic E-state index is 0.0489. The molecule has 5 nitrogen and oxygen atoms in total. The van der Waals surface area contributed by atoms with Gasteiger partial charge in [0.25, 0.3) is 0 Å². The summed E-state index contributed by atoms with van der Waals surface area (Å²) in [6.07, 6.45) is 1.08. The number of carbonyl (C=O) groups excluding carboxylic acids is 1. The van der Waals surface area contributed by atoms with Gasteiger partial charge in [-0.2, -0.15) is 5.10 Å². The van der Waals surface area contributed by atoms with Gasteiger partial charge in [0, 0.05) is 29.7 Å². The number of benzene rings is 2. The molecule has 4 rings (SSSR count). The lowest BCUT2D eigenvalue weighted by atomic mass is 10.1. The van der Waals surface area contributed by atoms with Crippen LogP contribution in [0.3, 0.4) is 0 Å². The number of hydrogen-bond acceptors (Lipinski definition) is 3. The second-order valence-electron chi connectivity index (χ2n) is 7.22. The molecule has 0 spiro atoms. The van der Waals surface area contributed by atoms with Gasteiger partial charge in [0.05, 0.1) is 5.52 Å². The summed E-state index contributed by atoms with van der Waals surface area (Å²) in [5, 5.41) is 8.76. The van der Waals surface area contributed by atoms with Crippen molar-refractivity contribution in [3.63, 3.8) is 0 Å². The molecule has 4 aromatic rings. The Kier molecular flexibility index (Phi) is 4.82. The molecule has 0 unspecified atom stereocenters. The van der Waals surface area contributed by atoms with Crippen LogP contribution in [0.2, 0.25) is 0 Å². The van der Waals surface area contributed by atoms with E-state index in [1.165, 1.54) is 5.56 Å². The molecule has 2 aromatic carbocycles. The van der Waals surface area contributed by atoms with E-state index >= 15 is 0 Å². The van der Waals surface area contributed by atoms with Crippen molar-refractivity contribution in [3.8, 4) is 0 Å². The van der Waals surface area contributed by atoms with Crippen LogP contribution in [-0.2, 0) is 17.8 Å². The summed E-state index contributed by atoms with van der Waals surface area (Å²) in [6, 6.07) is 16.1. The maximum absolute atomic E-state index is 12.4. The fourth-order valence-electron chi connectivity index (χ4n) is 3.67. The molecule has 0 saturated carbocycles. The molecule has 2 heterocycles. The highest BCUT2D eigenvalue weighted by Crippen LogP contribution is 2.22. The normalized spacial score (nSPS) is 11.2. The predicted octanol–water partition coefficient (Wildman–Crippen LogP) is 4.06. The topological polar surface area (TPSA) is 59.3 Å². The average Bonchev–Trinajstić information content (AvgIpc) is 3.06. The summed E-state index contributed by atoms with van der Waals surface area (Å²) in [6.45, 7) is 6.68. The third-order valence-corrected chi connectivity index (χ3v) is 5.36. The summed E-state index contributed by atoms with van der Waals surface area (Å²) in [5.41, 5.74) is 7.24. The first-order valence-electron chi connectivity index (χ1n) is 9.59. The molecule has 5 heteroatoms. The fraction of sp³-hybridized carbons (Fsp3) is 0.261. The number of aromatic nitrogens is 3. The van der Waals surface area contributed by atoms with Crippen LogP contribution in [0.4, 0.5) is 0 Å². The van der Waals surface area contributed by atoms with E-state index in [0.29, 0.717) is 19.4 Å². The summed E-state index contributed by atoms with van der Waals surface area (Å²) < 4.78 is 1.90. The lowest BCUT2D eigenvalue weighted by Gasteiger charge is -2.12.